The van der Waals surface area contributed by atoms with Gasteiger partial charge in [0, 0.05) is 19.7 Å². The van der Waals surface area contributed by atoms with Gasteiger partial charge in [-0.05, 0) is 12.0 Å². The molecule has 0 aromatic heterocycles. The van der Waals surface area contributed by atoms with E-state index in [0.29, 0.717) is 6.54 Å². The highest BCUT2D eigenvalue weighted by atomic mass is 16.5. The van der Waals surface area contributed by atoms with Crippen LogP contribution in [0.25, 0.3) is 0 Å². The summed E-state index contributed by atoms with van der Waals surface area (Å²) in [5.41, 5.74) is 6.40. The highest BCUT2D eigenvalue weighted by Crippen LogP contribution is 2.16. The minimum absolute atomic E-state index is 0.00358. The fourth-order valence-corrected chi connectivity index (χ4v) is 1.63. The zero-order chi connectivity index (χ0) is 12.7. The van der Waals surface area contributed by atoms with Crippen LogP contribution in [0.3, 0.4) is 0 Å². The molecule has 4 nitrogen and oxygen atoms in total. The van der Waals surface area contributed by atoms with E-state index in [-0.39, 0.29) is 11.9 Å². The van der Waals surface area contributed by atoms with Gasteiger partial charge in [0.2, 0.25) is 0 Å². The minimum Gasteiger partial charge on any atom is -0.367 e. The monoisotopic (exact) mass is 236 g/mol. The molecule has 0 aliphatic rings. The van der Waals surface area contributed by atoms with Crippen molar-refractivity contribution in [3.8, 4) is 0 Å². The van der Waals surface area contributed by atoms with Crippen molar-refractivity contribution in [2.75, 3.05) is 13.7 Å². The molecule has 1 aromatic carbocycles. The van der Waals surface area contributed by atoms with E-state index in [1.807, 2.05) is 37.3 Å². The van der Waals surface area contributed by atoms with Gasteiger partial charge in [-0.3, -0.25) is 4.79 Å². The molecule has 2 unspecified atom stereocenters. The lowest BCUT2D eigenvalue weighted by Gasteiger charge is -2.20. The van der Waals surface area contributed by atoms with Crippen molar-refractivity contribution in [3.05, 3.63) is 35.9 Å². The van der Waals surface area contributed by atoms with Gasteiger partial charge in [0.15, 0.2) is 6.10 Å². The van der Waals surface area contributed by atoms with Crippen LogP contribution in [0.1, 0.15) is 25.0 Å². The molecule has 1 amide bonds. The Bertz CT molecular complexity index is 337. The normalized spacial score (nSPS) is 14.1. The first-order valence-electron chi connectivity index (χ1n) is 5.81. The minimum atomic E-state index is -0.572. The summed E-state index contributed by atoms with van der Waals surface area (Å²) in [6.45, 7) is 2.43. The van der Waals surface area contributed by atoms with Crippen molar-refractivity contribution in [1.82, 2.24) is 5.32 Å². The molecule has 1 rings (SSSR count). The molecular formula is C13H20N2O2. The van der Waals surface area contributed by atoms with Gasteiger partial charge in [0.1, 0.15) is 0 Å². The Balaban J connectivity index is 2.71. The number of rotatable bonds is 6. The van der Waals surface area contributed by atoms with Crippen LogP contribution in [0, 0.1) is 0 Å². The number of benzene rings is 1. The number of carbonyl (C=O) groups excluding carboxylic acids is 1. The summed E-state index contributed by atoms with van der Waals surface area (Å²) in [6.07, 6.45) is 0.241. The highest BCUT2D eigenvalue weighted by Gasteiger charge is 2.21. The van der Waals surface area contributed by atoms with E-state index in [4.69, 9.17) is 10.5 Å². The van der Waals surface area contributed by atoms with E-state index in [1.165, 1.54) is 7.11 Å². The molecule has 1 aromatic rings. The zero-order valence-electron chi connectivity index (χ0n) is 10.3. The van der Waals surface area contributed by atoms with E-state index >= 15 is 0 Å². The van der Waals surface area contributed by atoms with Gasteiger partial charge in [-0.25, -0.2) is 0 Å². The van der Waals surface area contributed by atoms with Crippen LogP contribution < -0.4 is 11.1 Å². The van der Waals surface area contributed by atoms with E-state index in [0.717, 1.165) is 12.0 Å². The quantitative estimate of drug-likeness (QED) is 0.780. The summed E-state index contributed by atoms with van der Waals surface area (Å²) in [4.78, 5) is 12.0. The van der Waals surface area contributed by atoms with E-state index in [2.05, 4.69) is 5.32 Å². The van der Waals surface area contributed by atoms with Gasteiger partial charge >= 0.3 is 0 Å². The number of hydrogen-bond acceptors (Lipinski definition) is 3. The summed E-state index contributed by atoms with van der Waals surface area (Å²) in [5.74, 6) is -0.143. The standard InChI is InChI=1S/C13H20N2O2/c1-3-11(9-14)15-13(16)12(17-2)10-7-5-4-6-8-10/h4-8,11-12H,3,9,14H2,1-2H3,(H,15,16). The lowest BCUT2D eigenvalue weighted by molar-refractivity contribution is -0.132. The molecule has 17 heavy (non-hydrogen) atoms. The van der Waals surface area contributed by atoms with Crippen molar-refractivity contribution in [2.24, 2.45) is 5.73 Å². The van der Waals surface area contributed by atoms with Crippen molar-refractivity contribution in [3.63, 3.8) is 0 Å². The molecule has 4 heteroatoms. The Morgan fingerprint density at radius 2 is 2.06 bits per heavy atom. The molecule has 0 heterocycles. The largest absolute Gasteiger partial charge is 0.367 e. The average molecular weight is 236 g/mol. The lowest BCUT2D eigenvalue weighted by atomic mass is 10.1. The Morgan fingerprint density at radius 3 is 2.53 bits per heavy atom. The van der Waals surface area contributed by atoms with Gasteiger partial charge in [-0.2, -0.15) is 0 Å². The first-order valence-corrected chi connectivity index (χ1v) is 5.81. The van der Waals surface area contributed by atoms with E-state index < -0.39 is 6.10 Å². The third-order valence-electron chi connectivity index (χ3n) is 2.70. The summed E-state index contributed by atoms with van der Waals surface area (Å²) in [7, 11) is 1.53. The van der Waals surface area contributed by atoms with E-state index in [1.54, 1.807) is 0 Å². The van der Waals surface area contributed by atoms with Crippen molar-refractivity contribution >= 4 is 5.91 Å². The number of methoxy groups -OCH3 is 1. The predicted octanol–water partition coefficient (Wildman–Crippen LogP) is 1.23. The second-order valence-corrected chi connectivity index (χ2v) is 3.88. The van der Waals surface area contributed by atoms with Crippen LogP contribution in [-0.2, 0) is 9.53 Å². The van der Waals surface area contributed by atoms with Gasteiger partial charge < -0.3 is 15.8 Å². The number of amides is 1. The van der Waals surface area contributed by atoms with Gasteiger partial charge in [-0.15, -0.1) is 0 Å². The Labute approximate surface area is 102 Å². The Kier molecular flexibility index (Phi) is 5.66. The fraction of sp³-hybridized carbons (Fsp3) is 0.462. The summed E-state index contributed by atoms with van der Waals surface area (Å²) < 4.78 is 5.24. The second kappa shape index (κ2) is 7.04. The molecule has 0 aliphatic carbocycles. The third kappa shape index (κ3) is 3.84. The van der Waals surface area contributed by atoms with Crippen LogP contribution >= 0.6 is 0 Å². The Hall–Kier alpha value is -1.39. The van der Waals surface area contributed by atoms with Crippen LogP contribution in [0.2, 0.25) is 0 Å². The zero-order valence-corrected chi connectivity index (χ0v) is 10.3. The van der Waals surface area contributed by atoms with Crippen LogP contribution in [-0.4, -0.2) is 25.6 Å². The molecule has 0 saturated carbocycles. The smallest absolute Gasteiger partial charge is 0.254 e. The van der Waals surface area contributed by atoms with Gasteiger partial charge in [0.05, 0.1) is 0 Å². The van der Waals surface area contributed by atoms with Crippen LogP contribution in [0.5, 0.6) is 0 Å². The maximum absolute atomic E-state index is 12.0. The highest BCUT2D eigenvalue weighted by molar-refractivity contribution is 5.82. The maximum Gasteiger partial charge on any atom is 0.254 e. The SMILES string of the molecule is CCC(CN)NC(=O)C(OC)c1ccccc1. The number of nitrogens with one attached hydrogen (secondary N) is 1. The average Bonchev–Trinajstić information content (AvgIpc) is 2.38. The summed E-state index contributed by atoms with van der Waals surface area (Å²) in [5, 5.41) is 2.88. The van der Waals surface area contributed by atoms with Crippen LogP contribution in [0.4, 0.5) is 0 Å². The molecule has 3 N–H and O–H groups in total. The molecule has 0 aliphatic heterocycles. The number of carbonyl (C=O) groups is 1. The van der Waals surface area contributed by atoms with Gasteiger partial charge in [-0.1, -0.05) is 37.3 Å². The van der Waals surface area contributed by atoms with Crippen molar-refractivity contribution < 1.29 is 9.53 Å². The molecule has 0 bridgehead atoms. The molecule has 0 fully saturated rings. The fourth-order valence-electron chi connectivity index (χ4n) is 1.63. The van der Waals surface area contributed by atoms with Crippen LogP contribution in [0.15, 0.2) is 30.3 Å². The molecule has 2 atom stereocenters. The first kappa shape index (κ1) is 13.7. The predicted molar refractivity (Wildman–Crippen MR) is 67.5 cm³/mol. The van der Waals surface area contributed by atoms with E-state index in [9.17, 15) is 4.79 Å². The maximum atomic E-state index is 12.0. The lowest BCUT2D eigenvalue weighted by Crippen LogP contribution is -2.42. The van der Waals surface area contributed by atoms with Crippen molar-refractivity contribution in [2.45, 2.75) is 25.5 Å². The first-order chi connectivity index (χ1) is 8.22. The number of hydrogen-bond donors (Lipinski definition) is 2. The summed E-state index contributed by atoms with van der Waals surface area (Å²) >= 11 is 0. The molecule has 0 spiro atoms. The van der Waals surface area contributed by atoms with Crippen molar-refractivity contribution in [1.29, 1.82) is 0 Å². The molecular weight excluding hydrogens is 216 g/mol. The Morgan fingerprint density at radius 1 is 1.41 bits per heavy atom. The molecule has 0 radical (unpaired) electrons. The summed E-state index contributed by atoms with van der Waals surface area (Å²) in [6, 6.07) is 9.42. The topological polar surface area (TPSA) is 64.3 Å². The number of nitrogens with two attached hydrogens (primary N) is 1. The third-order valence-corrected chi connectivity index (χ3v) is 2.70. The molecule has 94 valence electrons. The molecule has 0 saturated heterocycles. The van der Waals surface area contributed by atoms with Gasteiger partial charge in [0.25, 0.3) is 5.91 Å². The second-order valence-electron chi connectivity index (χ2n) is 3.88. The number of ether oxygens (including phenoxy) is 1.